The van der Waals surface area contributed by atoms with Crippen molar-refractivity contribution in [3.8, 4) is 0 Å². The fourth-order valence-corrected chi connectivity index (χ4v) is 4.12. The summed E-state index contributed by atoms with van der Waals surface area (Å²) < 4.78 is 42.1. The van der Waals surface area contributed by atoms with Crippen LogP contribution in [-0.4, -0.2) is 35.2 Å². The molecule has 1 heterocycles. The van der Waals surface area contributed by atoms with Gasteiger partial charge in [-0.1, -0.05) is 40.7 Å². The Morgan fingerprint density at radius 2 is 2.04 bits per heavy atom. The van der Waals surface area contributed by atoms with Gasteiger partial charge >= 0.3 is 6.18 Å². The highest BCUT2D eigenvalue weighted by atomic mass is 79.9. The summed E-state index contributed by atoms with van der Waals surface area (Å²) in [6.07, 6.45) is -0.172. The van der Waals surface area contributed by atoms with Gasteiger partial charge in [0.1, 0.15) is 0 Å². The molecule has 1 aliphatic heterocycles. The van der Waals surface area contributed by atoms with E-state index in [1.54, 1.807) is 4.90 Å². The molecular formula is C19H17BrF3NO2. The number of benzene rings is 1. The summed E-state index contributed by atoms with van der Waals surface area (Å²) in [7, 11) is 0. The SMILES string of the molecule is C=C/C=C\C1=C(C)c2c(Br)cc(C(=O)N3CCC3)cc2C1(O)C(F)(F)F. The lowest BCUT2D eigenvalue weighted by Crippen LogP contribution is -2.43. The Labute approximate surface area is 157 Å². The third-order valence-electron chi connectivity index (χ3n) is 4.85. The minimum absolute atomic E-state index is 0.125. The number of aliphatic hydroxyl groups is 1. The molecular weight excluding hydrogens is 411 g/mol. The van der Waals surface area contributed by atoms with Crippen LogP contribution in [0.15, 0.2) is 47.0 Å². The summed E-state index contributed by atoms with van der Waals surface area (Å²) in [4.78, 5) is 14.0. The van der Waals surface area contributed by atoms with Crippen LogP contribution in [0.4, 0.5) is 13.2 Å². The van der Waals surface area contributed by atoms with Gasteiger partial charge in [0.05, 0.1) is 0 Å². The maximum atomic E-state index is 13.9. The molecule has 7 heteroatoms. The Balaban J connectivity index is 2.23. The van der Waals surface area contributed by atoms with E-state index >= 15 is 0 Å². The molecule has 0 bridgehead atoms. The average Bonchev–Trinajstić information content (AvgIpc) is 2.72. The van der Waals surface area contributed by atoms with Gasteiger partial charge in [0.15, 0.2) is 0 Å². The quantitative estimate of drug-likeness (QED) is 0.717. The lowest BCUT2D eigenvalue weighted by Gasteiger charge is -2.32. The fourth-order valence-electron chi connectivity index (χ4n) is 3.36. The predicted octanol–water partition coefficient (Wildman–Crippen LogP) is 4.57. The molecule has 26 heavy (non-hydrogen) atoms. The van der Waals surface area contributed by atoms with E-state index in [1.807, 2.05) is 0 Å². The number of amides is 1. The molecule has 1 N–H and O–H groups in total. The summed E-state index contributed by atoms with van der Waals surface area (Å²) in [5, 5.41) is 10.8. The van der Waals surface area contributed by atoms with Crippen molar-refractivity contribution >= 4 is 27.4 Å². The van der Waals surface area contributed by atoms with Crippen LogP contribution in [0.25, 0.3) is 5.57 Å². The van der Waals surface area contributed by atoms with E-state index < -0.39 is 11.8 Å². The fraction of sp³-hybridized carbons (Fsp3) is 0.316. The van der Waals surface area contributed by atoms with E-state index in [0.29, 0.717) is 23.1 Å². The number of halogens is 4. The highest BCUT2D eigenvalue weighted by Gasteiger charge is 2.61. The number of hydrogen-bond acceptors (Lipinski definition) is 2. The van der Waals surface area contributed by atoms with Crippen LogP contribution >= 0.6 is 15.9 Å². The molecule has 1 unspecified atom stereocenters. The molecule has 1 atom stereocenters. The number of hydrogen-bond donors (Lipinski definition) is 1. The Hall–Kier alpha value is -1.86. The maximum Gasteiger partial charge on any atom is 0.425 e. The van der Waals surface area contributed by atoms with Crippen molar-refractivity contribution in [3.63, 3.8) is 0 Å². The van der Waals surface area contributed by atoms with Crippen molar-refractivity contribution in [2.24, 2.45) is 0 Å². The molecule has 0 spiro atoms. The van der Waals surface area contributed by atoms with E-state index in [0.717, 1.165) is 12.5 Å². The number of nitrogens with zero attached hydrogens (tertiary/aromatic N) is 1. The average molecular weight is 428 g/mol. The van der Waals surface area contributed by atoms with Crippen LogP contribution in [0, 0.1) is 0 Å². The van der Waals surface area contributed by atoms with Crippen LogP contribution in [0.1, 0.15) is 34.8 Å². The summed E-state index contributed by atoms with van der Waals surface area (Å²) in [6, 6.07) is 2.67. The van der Waals surface area contributed by atoms with Gasteiger partial charge in [0.25, 0.3) is 5.91 Å². The molecule has 1 amide bonds. The van der Waals surface area contributed by atoms with E-state index in [1.165, 1.54) is 31.2 Å². The molecule has 138 valence electrons. The molecule has 1 aliphatic carbocycles. The molecule has 3 nitrogen and oxygen atoms in total. The van der Waals surface area contributed by atoms with E-state index in [4.69, 9.17) is 0 Å². The Kier molecular flexibility index (Phi) is 4.65. The van der Waals surface area contributed by atoms with Gasteiger partial charge < -0.3 is 10.0 Å². The number of fused-ring (bicyclic) bond motifs is 1. The van der Waals surface area contributed by atoms with Crippen molar-refractivity contribution in [1.82, 2.24) is 4.90 Å². The van der Waals surface area contributed by atoms with Crippen molar-refractivity contribution in [2.75, 3.05) is 13.1 Å². The van der Waals surface area contributed by atoms with Gasteiger partial charge in [-0.25, -0.2) is 0 Å². The van der Waals surface area contributed by atoms with Crippen LogP contribution in [0.5, 0.6) is 0 Å². The number of alkyl halides is 3. The van der Waals surface area contributed by atoms with E-state index in [-0.39, 0.29) is 28.2 Å². The van der Waals surface area contributed by atoms with Gasteiger partial charge in [0, 0.05) is 34.3 Å². The highest BCUT2D eigenvalue weighted by Crippen LogP contribution is 2.55. The second-order valence-corrected chi connectivity index (χ2v) is 7.22. The van der Waals surface area contributed by atoms with Gasteiger partial charge in [-0.3, -0.25) is 4.79 Å². The second-order valence-electron chi connectivity index (χ2n) is 6.37. The van der Waals surface area contributed by atoms with Crippen LogP contribution in [0.3, 0.4) is 0 Å². The standard InChI is InChI=1S/C19H17BrF3NO2/c1-3-4-6-13-11(2)16-14(18(13,26)19(21,22)23)9-12(10-15(16)20)17(25)24-7-5-8-24/h3-4,6,9-10,26H,1,5,7-8H2,2H3/b6-4-. The molecule has 0 aromatic heterocycles. The van der Waals surface area contributed by atoms with Crippen LogP contribution in [0.2, 0.25) is 0 Å². The van der Waals surface area contributed by atoms with Crippen molar-refractivity contribution in [1.29, 1.82) is 0 Å². The molecule has 1 aromatic carbocycles. The second kappa shape index (κ2) is 6.39. The van der Waals surface area contributed by atoms with Crippen molar-refractivity contribution in [3.05, 3.63) is 63.7 Å². The van der Waals surface area contributed by atoms with Crippen LogP contribution in [-0.2, 0) is 5.60 Å². The van der Waals surface area contributed by atoms with Crippen molar-refractivity contribution < 1.29 is 23.1 Å². The van der Waals surface area contributed by atoms with Crippen LogP contribution < -0.4 is 0 Å². The first-order chi connectivity index (χ1) is 12.1. The van der Waals surface area contributed by atoms with Gasteiger partial charge in [0.2, 0.25) is 5.60 Å². The summed E-state index contributed by atoms with van der Waals surface area (Å²) in [6.45, 7) is 6.15. The molecule has 3 rings (SSSR count). The normalized spacial score (nSPS) is 22.6. The van der Waals surface area contributed by atoms with Gasteiger partial charge in [-0.05, 0) is 36.6 Å². The first kappa shape index (κ1) is 18.9. The lowest BCUT2D eigenvalue weighted by molar-refractivity contribution is -0.247. The van der Waals surface area contributed by atoms with Crippen molar-refractivity contribution in [2.45, 2.75) is 25.1 Å². The zero-order chi connectivity index (χ0) is 19.3. The maximum absolute atomic E-state index is 13.9. The van der Waals surface area contributed by atoms with E-state index in [9.17, 15) is 23.1 Å². The molecule has 0 radical (unpaired) electrons. The van der Waals surface area contributed by atoms with E-state index in [2.05, 4.69) is 22.5 Å². The highest BCUT2D eigenvalue weighted by molar-refractivity contribution is 9.10. The summed E-state index contributed by atoms with van der Waals surface area (Å²) >= 11 is 3.28. The first-order valence-corrected chi connectivity index (χ1v) is 8.85. The summed E-state index contributed by atoms with van der Waals surface area (Å²) in [5.74, 6) is -0.336. The lowest BCUT2D eigenvalue weighted by atomic mass is 9.88. The molecule has 0 saturated carbocycles. The number of rotatable bonds is 3. The Morgan fingerprint density at radius 3 is 2.54 bits per heavy atom. The first-order valence-electron chi connectivity index (χ1n) is 8.06. The number of likely N-dealkylation sites (tertiary alicyclic amines) is 1. The minimum Gasteiger partial charge on any atom is -0.372 e. The monoisotopic (exact) mass is 427 g/mol. The minimum atomic E-state index is -4.95. The third-order valence-corrected chi connectivity index (χ3v) is 5.47. The smallest absolute Gasteiger partial charge is 0.372 e. The number of carbonyl (C=O) groups is 1. The van der Waals surface area contributed by atoms with Gasteiger partial charge in [-0.15, -0.1) is 0 Å². The predicted molar refractivity (Wildman–Crippen MR) is 96.5 cm³/mol. The third kappa shape index (κ3) is 2.65. The zero-order valence-corrected chi connectivity index (χ0v) is 15.6. The number of carbonyl (C=O) groups excluding carboxylic acids is 1. The summed E-state index contributed by atoms with van der Waals surface area (Å²) in [5.41, 5.74) is -3.10. The zero-order valence-electron chi connectivity index (χ0n) is 14.0. The Bertz CT molecular complexity index is 853. The molecule has 1 fully saturated rings. The number of allylic oxidation sites excluding steroid dienone is 3. The molecule has 1 saturated heterocycles. The topological polar surface area (TPSA) is 40.5 Å². The Morgan fingerprint density at radius 1 is 1.38 bits per heavy atom. The largest absolute Gasteiger partial charge is 0.425 e. The molecule has 2 aliphatic rings. The van der Waals surface area contributed by atoms with Gasteiger partial charge in [-0.2, -0.15) is 13.2 Å². The molecule has 1 aromatic rings.